The molecule has 3 aromatic heterocycles. The number of fused-ring (bicyclic) bond motifs is 1. The van der Waals surface area contributed by atoms with Crippen LogP contribution in [-0.4, -0.2) is 54.4 Å². The molecule has 0 spiro atoms. The Kier molecular flexibility index (Phi) is 5.89. The second-order valence-corrected chi connectivity index (χ2v) is 10.5. The lowest BCUT2D eigenvalue weighted by molar-refractivity contribution is -0.0763. The van der Waals surface area contributed by atoms with Crippen molar-refractivity contribution in [1.82, 2.24) is 19.9 Å². The Hall–Kier alpha value is -2.50. The summed E-state index contributed by atoms with van der Waals surface area (Å²) in [5, 5.41) is 28.5. The van der Waals surface area contributed by atoms with Crippen LogP contribution in [0.2, 0.25) is 0 Å². The van der Waals surface area contributed by atoms with Crippen molar-refractivity contribution in [3.8, 4) is 10.6 Å². The average molecular weight is 491 g/mol. The zero-order chi connectivity index (χ0) is 24.2. The van der Waals surface area contributed by atoms with Gasteiger partial charge in [-0.25, -0.2) is 18.7 Å². The number of nitrogens with zero attached hydrogens (tertiary/aromatic N) is 4. The van der Waals surface area contributed by atoms with Crippen molar-refractivity contribution in [2.75, 3.05) is 10.6 Å². The van der Waals surface area contributed by atoms with Gasteiger partial charge in [-0.2, -0.15) is 4.98 Å². The van der Waals surface area contributed by atoms with Gasteiger partial charge in [0.25, 0.3) is 0 Å². The maximum absolute atomic E-state index is 13.4. The average Bonchev–Trinajstić information content (AvgIpc) is 3.46. The molecule has 2 aliphatic carbocycles. The van der Waals surface area contributed by atoms with E-state index in [1.807, 2.05) is 19.9 Å². The zero-order valence-electron chi connectivity index (χ0n) is 19.2. The van der Waals surface area contributed by atoms with Crippen molar-refractivity contribution < 1.29 is 19.0 Å². The number of hydrogen-bond donors (Lipinski definition) is 4. The van der Waals surface area contributed by atoms with E-state index in [2.05, 4.69) is 32.5 Å². The first-order valence-electron chi connectivity index (χ1n) is 11.5. The molecule has 34 heavy (non-hydrogen) atoms. The van der Waals surface area contributed by atoms with Gasteiger partial charge < -0.3 is 20.8 Å². The molecule has 5 rings (SSSR count). The molecule has 0 unspecified atom stereocenters. The van der Waals surface area contributed by atoms with E-state index in [9.17, 15) is 19.0 Å². The minimum absolute atomic E-state index is 0.00243. The number of alkyl halides is 2. The number of rotatable bonds is 7. The first kappa shape index (κ1) is 23.3. The lowest BCUT2D eigenvalue weighted by Crippen LogP contribution is -2.48. The molecule has 8 nitrogen and oxygen atoms in total. The van der Waals surface area contributed by atoms with Crippen molar-refractivity contribution in [3.63, 3.8) is 0 Å². The number of aromatic nitrogens is 4. The zero-order valence-corrected chi connectivity index (χ0v) is 20.0. The predicted octanol–water partition coefficient (Wildman–Crippen LogP) is 4.11. The van der Waals surface area contributed by atoms with Crippen LogP contribution in [0.4, 0.5) is 20.5 Å². The molecule has 0 aliphatic heterocycles. The van der Waals surface area contributed by atoms with E-state index in [1.165, 1.54) is 11.3 Å². The molecule has 4 N–H and O–H groups in total. The van der Waals surface area contributed by atoms with Gasteiger partial charge in [-0.3, -0.25) is 4.98 Å². The molecule has 3 heterocycles. The highest BCUT2D eigenvalue weighted by molar-refractivity contribution is 7.21. The third-order valence-corrected chi connectivity index (χ3v) is 7.93. The van der Waals surface area contributed by atoms with Gasteiger partial charge in [0.05, 0.1) is 27.6 Å². The number of pyridine rings is 1. The van der Waals surface area contributed by atoms with Crippen molar-refractivity contribution in [2.45, 2.75) is 70.8 Å². The third kappa shape index (κ3) is 4.20. The molecule has 0 saturated heterocycles. The van der Waals surface area contributed by atoms with Gasteiger partial charge in [0, 0.05) is 12.2 Å². The summed E-state index contributed by atoms with van der Waals surface area (Å²) in [6.07, 6.45) is -0.385. The summed E-state index contributed by atoms with van der Waals surface area (Å²) >= 11 is 1.43. The van der Waals surface area contributed by atoms with Crippen LogP contribution in [0.5, 0.6) is 0 Å². The summed E-state index contributed by atoms with van der Waals surface area (Å²) in [6, 6.07) is 2.05. The Morgan fingerprint density at radius 2 is 1.91 bits per heavy atom. The molecule has 4 atom stereocenters. The van der Waals surface area contributed by atoms with Crippen molar-refractivity contribution in [1.29, 1.82) is 0 Å². The van der Waals surface area contributed by atoms with E-state index in [0.717, 1.165) is 28.8 Å². The van der Waals surface area contributed by atoms with E-state index >= 15 is 0 Å². The monoisotopic (exact) mass is 490 g/mol. The number of hydrogen-bond acceptors (Lipinski definition) is 9. The van der Waals surface area contributed by atoms with E-state index in [1.54, 1.807) is 6.20 Å². The quantitative estimate of drug-likeness (QED) is 0.366. The number of aryl methyl sites for hydroxylation is 2. The Morgan fingerprint density at radius 1 is 1.15 bits per heavy atom. The number of aliphatic hydroxyl groups excluding tert-OH is 1. The summed E-state index contributed by atoms with van der Waals surface area (Å²) in [6.45, 7) is 5.77. The van der Waals surface area contributed by atoms with Gasteiger partial charge >= 0.3 is 0 Å². The second-order valence-electron chi connectivity index (χ2n) is 9.42. The number of anilines is 2. The molecule has 0 amide bonds. The Bertz CT molecular complexity index is 1220. The topological polar surface area (TPSA) is 116 Å². The summed E-state index contributed by atoms with van der Waals surface area (Å²) in [5.74, 6) is -0.123. The SMILES string of the molecule is Cc1nc(N[C@H](C)C2CC2)nc(N[C@@]2(O)CC[C@H](C(F)F)[C@H]2O)c1-c1nc2c(C)nccc2s1. The van der Waals surface area contributed by atoms with Crippen LogP contribution in [0.15, 0.2) is 12.3 Å². The Labute approximate surface area is 199 Å². The highest BCUT2D eigenvalue weighted by atomic mass is 32.1. The van der Waals surface area contributed by atoms with Crippen LogP contribution < -0.4 is 10.6 Å². The Morgan fingerprint density at radius 3 is 2.56 bits per heavy atom. The van der Waals surface area contributed by atoms with Gasteiger partial charge in [-0.05, 0) is 58.4 Å². The summed E-state index contributed by atoms with van der Waals surface area (Å²) in [7, 11) is 0. The summed E-state index contributed by atoms with van der Waals surface area (Å²) < 4.78 is 27.7. The summed E-state index contributed by atoms with van der Waals surface area (Å²) in [5.41, 5.74) is 0.786. The molecule has 2 saturated carbocycles. The van der Waals surface area contributed by atoms with Gasteiger partial charge in [0.2, 0.25) is 12.4 Å². The highest BCUT2D eigenvalue weighted by Gasteiger charge is 2.50. The van der Waals surface area contributed by atoms with Crippen LogP contribution >= 0.6 is 11.3 Å². The molecular formula is C23H28F2N6O2S. The van der Waals surface area contributed by atoms with E-state index in [4.69, 9.17) is 4.98 Å². The first-order chi connectivity index (χ1) is 16.2. The molecule has 2 aliphatic rings. The maximum atomic E-state index is 13.4. The largest absolute Gasteiger partial charge is 0.388 e. The van der Waals surface area contributed by atoms with Crippen LogP contribution in [0.25, 0.3) is 20.8 Å². The van der Waals surface area contributed by atoms with Gasteiger partial charge in [0.1, 0.15) is 22.4 Å². The standard InChI is InChI=1S/C23H28F2N6O2S/c1-10(13-4-5-13)27-22-28-11(2)16(21-29-17-12(3)26-9-7-15(17)34-21)20(30-22)31-23(33)8-6-14(18(23)32)19(24)25/h7,9-10,13-14,18-19,32-33H,4-6,8H2,1-3H3,(H2,27,28,30,31)/t10-,14+,18-,23-/m1/s1. The van der Waals surface area contributed by atoms with Gasteiger partial charge in [0.15, 0.2) is 5.72 Å². The fourth-order valence-corrected chi connectivity index (χ4v) is 5.75. The fraction of sp³-hybridized carbons (Fsp3) is 0.565. The minimum Gasteiger partial charge on any atom is -0.388 e. The van der Waals surface area contributed by atoms with Crippen molar-refractivity contribution in [3.05, 3.63) is 23.7 Å². The predicted molar refractivity (Wildman–Crippen MR) is 127 cm³/mol. The molecular weight excluding hydrogens is 462 g/mol. The maximum Gasteiger partial charge on any atom is 0.244 e. The molecule has 0 aromatic carbocycles. The minimum atomic E-state index is -2.73. The second kappa shape index (κ2) is 8.62. The van der Waals surface area contributed by atoms with E-state index in [0.29, 0.717) is 28.1 Å². The third-order valence-electron chi connectivity index (χ3n) is 6.89. The molecule has 0 bridgehead atoms. The molecule has 182 valence electrons. The van der Waals surface area contributed by atoms with Crippen LogP contribution in [0, 0.1) is 25.7 Å². The number of nitrogens with one attached hydrogen (secondary N) is 2. The van der Waals surface area contributed by atoms with Gasteiger partial charge in [-0.15, -0.1) is 11.3 Å². The summed E-state index contributed by atoms with van der Waals surface area (Å²) in [4.78, 5) is 18.3. The smallest absolute Gasteiger partial charge is 0.244 e. The molecule has 3 aromatic rings. The normalized spacial score (nSPS) is 25.8. The lowest BCUT2D eigenvalue weighted by atomic mass is 10.0. The van der Waals surface area contributed by atoms with E-state index < -0.39 is 24.2 Å². The molecule has 0 radical (unpaired) electrons. The van der Waals surface area contributed by atoms with Crippen molar-refractivity contribution >= 4 is 33.3 Å². The highest BCUT2D eigenvalue weighted by Crippen LogP contribution is 2.42. The fourth-order valence-electron chi connectivity index (χ4n) is 4.64. The van der Waals surface area contributed by atoms with E-state index in [-0.39, 0.29) is 24.7 Å². The molecule has 11 heteroatoms. The van der Waals surface area contributed by atoms with Crippen molar-refractivity contribution in [2.24, 2.45) is 11.8 Å². The number of thiazole rings is 1. The Balaban J connectivity index is 1.58. The number of aliphatic hydroxyl groups is 2. The lowest BCUT2D eigenvalue weighted by Gasteiger charge is -2.31. The molecule has 2 fully saturated rings. The first-order valence-corrected chi connectivity index (χ1v) is 12.3. The van der Waals surface area contributed by atoms with Crippen LogP contribution in [0.3, 0.4) is 0 Å². The van der Waals surface area contributed by atoms with Gasteiger partial charge in [-0.1, -0.05) is 0 Å². The number of halogens is 2. The van der Waals surface area contributed by atoms with Crippen LogP contribution in [0.1, 0.15) is 44.0 Å². The van der Waals surface area contributed by atoms with Crippen LogP contribution in [-0.2, 0) is 0 Å².